The topological polar surface area (TPSA) is 81.4 Å². The normalized spacial score (nSPS) is 22.2. The number of aliphatic carboxylic acids is 1. The molecule has 0 radical (unpaired) electrons. The molecule has 0 aromatic heterocycles. The van der Waals surface area contributed by atoms with Crippen LogP contribution in [-0.4, -0.2) is 28.9 Å². The van der Waals surface area contributed by atoms with Crippen LogP contribution >= 0.6 is 0 Å². The van der Waals surface area contributed by atoms with Gasteiger partial charge in [0, 0.05) is 13.6 Å². The minimum absolute atomic E-state index is 0.158. The van der Waals surface area contributed by atoms with E-state index in [1.165, 1.54) is 4.90 Å². The van der Waals surface area contributed by atoms with E-state index in [0.717, 1.165) is 5.56 Å². The van der Waals surface area contributed by atoms with Gasteiger partial charge in [-0.05, 0) is 23.1 Å². The van der Waals surface area contributed by atoms with Gasteiger partial charge in [0.05, 0.1) is 23.5 Å². The lowest BCUT2D eigenvalue weighted by atomic mass is 10.1. The van der Waals surface area contributed by atoms with Crippen LogP contribution in [0.1, 0.15) is 25.0 Å². The molecule has 1 saturated carbocycles. The van der Waals surface area contributed by atoms with Crippen LogP contribution in [0.25, 0.3) is 0 Å². The lowest BCUT2D eigenvalue weighted by Crippen LogP contribution is -2.29. The Hall–Kier alpha value is -2.35. The van der Waals surface area contributed by atoms with Gasteiger partial charge in [-0.2, -0.15) is 5.26 Å². The van der Waals surface area contributed by atoms with Crippen LogP contribution in [0, 0.1) is 28.6 Å². The highest BCUT2D eigenvalue weighted by atomic mass is 16.4. The number of amides is 1. The maximum absolute atomic E-state index is 12.4. The number of carboxylic acid groups (broad SMARTS) is 1. The number of hydrogen-bond donors (Lipinski definition) is 1. The summed E-state index contributed by atoms with van der Waals surface area (Å²) in [7, 11) is 1.66. The smallest absolute Gasteiger partial charge is 0.307 e. The molecule has 2 rings (SSSR count). The first-order valence-corrected chi connectivity index (χ1v) is 6.76. The van der Waals surface area contributed by atoms with Gasteiger partial charge in [0.1, 0.15) is 0 Å². The van der Waals surface area contributed by atoms with Gasteiger partial charge in [0.2, 0.25) is 5.91 Å². The predicted octanol–water partition coefficient (Wildman–Crippen LogP) is 1.87. The Labute approximate surface area is 123 Å². The van der Waals surface area contributed by atoms with Crippen LogP contribution < -0.4 is 0 Å². The molecule has 0 bridgehead atoms. The molecule has 0 aliphatic heterocycles. The number of carboxylic acids is 1. The average Bonchev–Trinajstić information content (AvgIpc) is 3.01. The van der Waals surface area contributed by atoms with Crippen molar-refractivity contribution in [3.8, 4) is 6.07 Å². The van der Waals surface area contributed by atoms with Crippen molar-refractivity contribution < 1.29 is 14.7 Å². The van der Waals surface area contributed by atoms with E-state index in [-0.39, 0.29) is 5.91 Å². The summed E-state index contributed by atoms with van der Waals surface area (Å²) in [6.07, 6.45) is 0. The molecule has 5 nitrogen and oxygen atoms in total. The molecule has 21 heavy (non-hydrogen) atoms. The Kier molecular flexibility index (Phi) is 3.73. The first-order valence-electron chi connectivity index (χ1n) is 6.76. The first kappa shape index (κ1) is 15.0. The van der Waals surface area contributed by atoms with E-state index in [2.05, 4.69) is 6.07 Å². The zero-order valence-corrected chi connectivity index (χ0v) is 12.3. The van der Waals surface area contributed by atoms with E-state index in [1.54, 1.807) is 39.1 Å². The van der Waals surface area contributed by atoms with Crippen molar-refractivity contribution >= 4 is 11.9 Å². The molecule has 1 aromatic carbocycles. The second-order valence-electron chi connectivity index (χ2n) is 6.12. The molecule has 0 heterocycles. The number of carbonyl (C=O) groups is 2. The van der Waals surface area contributed by atoms with E-state index in [0.29, 0.717) is 12.1 Å². The Balaban J connectivity index is 2.07. The first-order chi connectivity index (χ1) is 9.78. The summed E-state index contributed by atoms with van der Waals surface area (Å²) in [4.78, 5) is 25.1. The van der Waals surface area contributed by atoms with Gasteiger partial charge >= 0.3 is 5.97 Å². The molecule has 1 aromatic rings. The zero-order chi connectivity index (χ0) is 15.8. The van der Waals surface area contributed by atoms with E-state index >= 15 is 0 Å². The van der Waals surface area contributed by atoms with Crippen LogP contribution in [0.2, 0.25) is 0 Å². The summed E-state index contributed by atoms with van der Waals surface area (Å²) in [6, 6.07) is 9.11. The second-order valence-corrected chi connectivity index (χ2v) is 6.12. The molecule has 0 unspecified atom stereocenters. The van der Waals surface area contributed by atoms with Crippen molar-refractivity contribution in [3.63, 3.8) is 0 Å². The van der Waals surface area contributed by atoms with E-state index in [9.17, 15) is 9.59 Å². The number of carbonyl (C=O) groups excluding carboxylic acids is 1. The van der Waals surface area contributed by atoms with Crippen LogP contribution in [0.3, 0.4) is 0 Å². The molecular formula is C16H18N2O3. The van der Waals surface area contributed by atoms with Gasteiger partial charge in [-0.3, -0.25) is 9.59 Å². The third kappa shape index (κ3) is 2.75. The quantitative estimate of drug-likeness (QED) is 0.916. The summed E-state index contributed by atoms with van der Waals surface area (Å²) >= 11 is 0. The lowest BCUT2D eigenvalue weighted by molar-refractivity contribution is -0.141. The predicted molar refractivity (Wildman–Crippen MR) is 76.0 cm³/mol. The molecule has 1 aliphatic rings. The fourth-order valence-electron chi connectivity index (χ4n) is 2.89. The highest BCUT2D eigenvalue weighted by molar-refractivity contribution is 5.91. The maximum Gasteiger partial charge on any atom is 0.307 e. The van der Waals surface area contributed by atoms with E-state index < -0.39 is 23.2 Å². The van der Waals surface area contributed by atoms with Crippen molar-refractivity contribution in [2.75, 3.05) is 7.05 Å². The van der Waals surface area contributed by atoms with Gasteiger partial charge in [-0.25, -0.2) is 0 Å². The highest BCUT2D eigenvalue weighted by Crippen LogP contribution is 2.58. The van der Waals surface area contributed by atoms with Crippen molar-refractivity contribution in [2.24, 2.45) is 17.3 Å². The standard InChI is InChI=1S/C16H18N2O3/c1-16(2)12(13(16)15(20)21)14(19)18(3)9-11-6-4-5-10(7-11)8-17/h4-7,12-13H,9H2,1-3H3,(H,20,21)/t12-,13+/m1/s1. The highest BCUT2D eigenvalue weighted by Gasteiger charge is 2.66. The monoisotopic (exact) mass is 286 g/mol. The Morgan fingerprint density at radius 1 is 1.38 bits per heavy atom. The van der Waals surface area contributed by atoms with Crippen LogP contribution in [0.4, 0.5) is 0 Å². The molecule has 1 fully saturated rings. The molecule has 0 saturated heterocycles. The molecule has 1 aliphatic carbocycles. The molecule has 0 spiro atoms. The third-order valence-electron chi connectivity index (χ3n) is 4.21. The third-order valence-corrected chi connectivity index (χ3v) is 4.21. The summed E-state index contributed by atoms with van der Waals surface area (Å²) in [5.74, 6) is -2.16. The largest absolute Gasteiger partial charge is 0.481 e. The summed E-state index contributed by atoms with van der Waals surface area (Å²) in [5.41, 5.74) is 0.907. The number of rotatable bonds is 4. The van der Waals surface area contributed by atoms with Gasteiger partial charge in [0.25, 0.3) is 0 Å². The van der Waals surface area contributed by atoms with Gasteiger partial charge in [-0.1, -0.05) is 26.0 Å². The summed E-state index contributed by atoms with van der Waals surface area (Å²) in [5, 5.41) is 18.0. The average molecular weight is 286 g/mol. The molecule has 110 valence electrons. The summed E-state index contributed by atoms with van der Waals surface area (Å²) < 4.78 is 0. The molecule has 2 atom stereocenters. The fourth-order valence-corrected chi connectivity index (χ4v) is 2.89. The molecule has 5 heteroatoms. The van der Waals surface area contributed by atoms with Crippen molar-refractivity contribution in [1.29, 1.82) is 5.26 Å². The van der Waals surface area contributed by atoms with Gasteiger partial charge in [-0.15, -0.1) is 0 Å². The molecule has 1 N–H and O–H groups in total. The fraction of sp³-hybridized carbons (Fsp3) is 0.438. The number of hydrogen-bond acceptors (Lipinski definition) is 3. The van der Waals surface area contributed by atoms with Crippen LogP contribution in [0.15, 0.2) is 24.3 Å². The van der Waals surface area contributed by atoms with Crippen molar-refractivity contribution in [1.82, 2.24) is 4.90 Å². The number of benzene rings is 1. The van der Waals surface area contributed by atoms with E-state index in [1.807, 2.05) is 6.07 Å². The minimum atomic E-state index is -0.918. The zero-order valence-electron chi connectivity index (χ0n) is 12.3. The Morgan fingerprint density at radius 2 is 2.05 bits per heavy atom. The number of nitriles is 1. The SMILES string of the molecule is CN(Cc1cccc(C#N)c1)C(=O)[C@H]1[C@@H](C(=O)O)C1(C)C. The lowest BCUT2D eigenvalue weighted by Gasteiger charge is -2.18. The minimum Gasteiger partial charge on any atom is -0.481 e. The maximum atomic E-state index is 12.4. The molecular weight excluding hydrogens is 268 g/mol. The second kappa shape index (κ2) is 5.21. The number of nitrogens with zero attached hydrogens (tertiary/aromatic N) is 2. The van der Waals surface area contributed by atoms with Crippen LogP contribution in [0.5, 0.6) is 0 Å². The Morgan fingerprint density at radius 3 is 2.57 bits per heavy atom. The van der Waals surface area contributed by atoms with Crippen molar-refractivity contribution in [3.05, 3.63) is 35.4 Å². The van der Waals surface area contributed by atoms with Crippen molar-refractivity contribution in [2.45, 2.75) is 20.4 Å². The van der Waals surface area contributed by atoms with Gasteiger partial charge < -0.3 is 10.0 Å². The Bertz CT molecular complexity index is 631. The van der Waals surface area contributed by atoms with Gasteiger partial charge in [0.15, 0.2) is 0 Å². The van der Waals surface area contributed by atoms with Crippen LogP contribution in [-0.2, 0) is 16.1 Å². The molecule has 1 amide bonds. The summed E-state index contributed by atoms with van der Waals surface area (Å²) in [6.45, 7) is 3.98. The van der Waals surface area contributed by atoms with E-state index in [4.69, 9.17) is 10.4 Å².